The van der Waals surface area contributed by atoms with Gasteiger partial charge in [-0.2, -0.15) is 0 Å². The van der Waals surface area contributed by atoms with Crippen LogP contribution in [0, 0.1) is 11.7 Å². The van der Waals surface area contributed by atoms with Crippen molar-refractivity contribution >= 4 is 5.95 Å². The average molecular weight is 346 g/mol. The minimum Gasteiger partial charge on any atom is -0.468 e. The summed E-state index contributed by atoms with van der Waals surface area (Å²) in [5.41, 5.74) is -0.0756. The number of hydrogen-bond acceptors (Lipinski definition) is 6. The molecule has 0 aliphatic carbocycles. The number of anilines is 1. The molecule has 0 aromatic carbocycles. The molecule has 7 heteroatoms. The average Bonchev–Trinajstić information content (AvgIpc) is 3.07. The highest BCUT2D eigenvalue weighted by Gasteiger charge is 2.47. The summed E-state index contributed by atoms with van der Waals surface area (Å²) in [5, 5.41) is 0. The fraction of sp³-hybridized carbons (Fsp3) is 0.556. The molecule has 4 heterocycles. The van der Waals surface area contributed by atoms with E-state index in [-0.39, 0.29) is 5.60 Å². The second-order valence-electron chi connectivity index (χ2n) is 7.23. The van der Waals surface area contributed by atoms with E-state index in [2.05, 4.69) is 21.9 Å². The van der Waals surface area contributed by atoms with Crippen molar-refractivity contribution in [3.63, 3.8) is 0 Å². The van der Waals surface area contributed by atoms with Gasteiger partial charge in [-0.3, -0.25) is 4.90 Å². The van der Waals surface area contributed by atoms with E-state index in [1.165, 1.54) is 12.4 Å². The maximum absolute atomic E-state index is 12.9. The van der Waals surface area contributed by atoms with Crippen LogP contribution in [0.3, 0.4) is 0 Å². The molecule has 2 aliphatic heterocycles. The van der Waals surface area contributed by atoms with Crippen molar-refractivity contribution < 1.29 is 13.5 Å². The Morgan fingerprint density at radius 1 is 1.36 bits per heavy atom. The molecule has 0 saturated carbocycles. The van der Waals surface area contributed by atoms with E-state index in [0.717, 1.165) is 51.4 Å². The molecule has 0 unspecified atom stereocenters. The first kappa shape index (κ1) is 16.5. The molecule has 6 nitrogen and oxygen atoms in total. The van der Waals surface area contributed by atoms with Gasteiger partial charge >= 0.3 is 0 Å². The van der Waals surface area contributed by atoms with Crippen LogP contribution in [0.2, 0.25) is 0 Å². The lowest BCUT2D eigenvalue weighted by atomic mass is 9.83. The Kier molecular flexibility index (Phi) is 4.43. The number of furan rings is 1. The zero-order valence-corrected chi connectivity index (χ0v) is 14.4. The predicted molar refractivity (Wildman–Crippen MR) is 90.7 cm³/mol. The molecule has 0 N–H and O–H groups in total. The molecule has 1 atom stereocenters. The lowest BCUT2D eigenvalue weighted by molar-refractivity contribution is -0.119. The minimum absolute atomic E-state index is 0.0756. The van der Waals surface area contributed by atoms with Crippen LogP contribution in [0.4, 0.5) is 10.3 Å². The van der Waals surface area contributed by atoms with Crippen LogP contribution < -0.4 is 4.90 Å². The van der Waals surface area contributed by atoms with E-state index < -0.39 is 5.82 Å². The van der Waals surface area contributed by atoms with Gasteiger partial charge < -0.3 is 14.1 Å². The molecule has 1 spiro atoms. The van der Waals surface area contributed by atoms with E-state index in [1.54, 1.807) is 6.26 Å². The molecule has 0 radical (unpaired) electrons. The number of rotatable bonds is 5. The Bertz CT molecular complexity index is 676. The molecule has 2 saturated heterocycles. The third-order valence-corrected chi connectivity index (χ3v) is 5.06. The third-order valence-electron chi connectivity index (χ3n) is 5.06. The summed E-state index contributed by atoms with van der Waals surface area (Å²) in [5.74, 6) is 1.71. The molecule has 4 rings (SSSR count). The molecule has 2 fully saturated rings. The minimum atomic E-state index is -0.408. The van der Waals surface area contributed by atoms with Gasteiger partial charge in [0.15, 0.2) is 5.82 Å². The van der Waals surface area contributed by atoms with Gasteiger partial charge in [0.1, 0.15) is 11.4 Å². The number of aromatic nitrogens is 2. The molecular weight excluding hydrogens is 323 g/mol. The first-order chi connectivity index (χ1) is 12.1. The third kappa shape index (κ3) is 3.67. The molecule has 2 aromatic rings. The quantitative estimate of drug-likeness (QED) is 0.828. The van der Waals surface area contributed by atoms with Crippen LogP contribution in [-0.4, -0.2) is 53.8 Å². The second-order valence-corrected chi connectivity index (χ2v) is 7.23. The normalized spacial score (nSPS) is 22.4. The van der Waals surface area contributed by atoms with Gasteiger partial charge in [-0.15, -0.1) is 0 Å². The monoisotopic (exact) mass is 346 g/mol. The fourth-order valence-electron chi connectivity index (χ4n) is 3.74. The van der Waals surface area contributed by atoms with Crippen molar-refractivity contribution in [1.29, 1.82) is 0 Å². The summed E-state index contributed by atoms with van der Waals surface area (Å²) in [7, 11) is 2.11. The summed E-state index contributed by atoms with van der Waals surface area (Å²) in [6.45, 7) is 4.17. The van der Waals surface area contributed by atoms with Crippen molar-refractivity contribution in [2.45, 2.75) is 25.0 Å². The van der Waals surface area contributed by atoms with Crippen LogP contribution in [0.1, 0.15) is 18.6 Å². The Balaban J connectivity index is 1.23. The predicted octanol–water partition coefficient (Wildman–Crippen LogP) is 2.33. The SMILES string of the molecule is CN(Cc1ccco1)C[C@@H]1CCC2(CN(c3ncc(F)cn3)C2)OC1. The van der Waals surface area contributed by atoms with Crippen LogP contribution in [0.5, 0.6) is 0 Å². The number of ether oxygens (including phenoxy) is 1. The Hall–Kier alpha value is -1.99. The van der Waals surface area contributed by atoms with Gasteiger partial charge in [-0.1, -0.05) is 0 Å². The Morgan fingerprint density at radius 3 is 2.80 bits per heavy atom. The topological polar surface area (TPSA) is 54.6 Å². The van der Waals surface area contributed by atoms with Crippen LogP contribution in [0.15, 0.2) is 35.2 Å². The van der Waals surface area contributed by atoms with Gasteiger partial charge in [0.25, 0.3) is 0 Å². The number of halogens is 1. The standard InChI is InChI=1S/C18H23FN4O2/c1-22(10-16-3-2-6-24-16)9-14-4-5-18(25-11-14)12-23(13-18)17-20-7-15(19)8-21-17/h2-3,6-8,14H,4-5,9-13H2,1H3/t14-/m0/s1. The first-order valence-electron chi connectivity index (χ1n) is 8.69. The summed E-state index contributed by atoms with van der Waals surface area (Å²) in [6, 6.07) is 3.92. The maximum Gasteiger partial charge on any atom is 0.225 e. The summed E-state index contributed by atoms with van der Waals surface area (Å²) >= 11 is 0. The van der Waals surface area contributed by atoms with E-state index in [0.29, 0.717) is 11.9 Å². The highest BCUT2D eigenvalue weighted by Crippen LogP contribution is 2.37. The van der Waals surface area contributed by atoms with Gasteiger partial charge in [0.05, 0.1) is 44.9 Å². The van der Waals surface area contributed by atoms with Crippen molar-refractivity contribution in [3.8, 4) is 0 Å². The van der Waals surface area contributed by atoms with Crippen molar-refractivity contribution in [2.75, 3.05) is 38.2 Å². The highest BCUT2D eigenvalue weighted by molar-refractivity contribution is 5.37. The fourth-order valence-corrected chi connectivity index (χ4v) is 3.74. The Morgan fingerprint density at radius 2 is 2.16 bits per heavy atom. The second kappa shape index (κ2) is 6.72. The maximum atomic E-state index is 12.9. The van der Waals surface area contributed by atoms with Crippen molar-refractivity contribution in [3.05, 3.63) is 42.4 Å². The lowest BCUT2D eigenvalue weighted by Crippen LogP contribution is -2.65. The summed E-state index contributed by atoms with van der Waals surface area (Å²) in [6.07, 6.45) is 6.33. The van der Waals surface area contributed by atoms with Gasteiger partial charge in [0, 0.05) is 6.54 Å². The van der Waals surface area contributed by atoms with E-state index in [9.17, 15) is 4.39 Å². The molecule has 2 aromatic heterocycles. The molecule has 0 amide bonds. The number of hydrogen-bond donors (Lipinski definition) is 0. The number of nitrogens with zero attached hydrogens (tertiary/aromatic N) is 4. The lowest BCUT2D eigenvalue weighted by Gasteiger charge is -2.52. The van der Waals surface area contributed by atoms with Crippen molar-refractivity contribution in [2.24, 2.45) is 5.92 Å². The molecular formula is C18H23FN4O2. The van der Waals surface area contributed by atoms with Crippen LogP contribution in [0.25, 0.3) is 0 Å². The smallest absolute Gasteiger partial charge is 0.225 e. The molecule has 134 valence electrons. The van der Waals surface area contributed by atoms with E-state index in [4.69, 9.17) is 9.15 Å². The Labute approximate surface area is 146 Å². The largest absolute Gasteiger partial charge is 0.468 e. The molecule has 2 aliphatic rings. The molecule has 25 heavy (non-hydrogen) atoms. The molecule has 0 bridgehead atoms. The zero-order chi connectivity index (χ0) is 17.3. The van der Waals surface area contributed by atoms with Crippen LogP contribution in [-0.2, 0) is 11.3 Å². The summed E-state index contributed by atoms with van der Waals surface area (Å²) < 4.78 is 24.5. The van der Waals surface area contributed by atoms with Gasteiger partial charge in [-0.05, 0) is 37.9 Å². The summed E-state index contributed by atoms with van der Waals surface area (Å²) in [4.78, 5) is 12.4. The van der Waals surface area contributed by atoms with Gasteiger partial charge in [0.2, 0.25) is 5.95 Å². The van der Waals surface area contributed by atoms with E-state index >= 15 is 0 Å². The van der Waals surface area contributed by atoms with Crippen LogP contribution >= 0.6 is 0 Å². The zero-order valence-electron chi connectivity index (χ0n) is 14.4. The van der Waals surface area contributed by atoms with Gasteiger partial charge in [-0.25, -0.2) is 14.4 Å². The highest BCUT2D eigenvalue weighted by atomic mass is 19.1. The van der Waals surface area contributed by atoms with E-state index in [1.807, 2.05) is 17.0 Å². The first-order valence-corrected chi connectivity index (χ1v) is 8.69. The van der Waals surface area contributed by atoms with Crippen molar-refractivity contribution in [1.82, 2.24) is 14.9 Å².